The van der Waals surface area contributed by atoms with Crippen LogP contribution in [0, 0.1) is 0 Å². The number of hydrogen-bond acceptors (Lipinski definition) is 4. The van der Waals surface area contributed by atoms with Crippen molar-refractivity contribution in [1.29, 1.82) is 0 Å². The van der Waals surface area contributed by atoms with E-state index in [4.69, 9.17) is 0 Å². The molecule has 1 saturated heterocycles. The van der Waals surface area contributed by atoms with Gasteiger partial charge in [-0.05, 0) is 32.0 Å². The molecule has 1 fully saturated rings. The first kappa shape index (κ1) is 15.3. The first-order valence-electron chi connectivity index (χ1n) is 7.00. The topological polar surface area (TPSA) is 69.6 Å². The third-order valence-corrected chi connectivity index (χ3v) is 5.28. The second kappa shape index (κ2) is 6.56. The number of anilines is 1. The minimum atomic E-state index is -3.50. The van der Waals surface area contributed by atoms with Gasteiger partial charge in [0, 0.05) is 6.54 Å². The lowest BCUT2D eigenvalue weighted by Gasteiger charge is -2.32. The van der Waals surface area contributed by atoms with E-state index in [0.717, 1.165) is 32.2 Å². The second-order valence-corrected chi connectivity index (χ2v) is 6.91. The average Bonchev–Trinajstić information content (AvgIpc) is 2.72. The van der Waals surface area contributed by atoms with Gasteiger partial charge in [-0.25, -0.2) is 13.1 Å². The lowest BCUT2D eigenvalue weighted by atomic mass is 10.1. The van der Waals surface area contributed by atoms with Gasteiger partial charge in [0.1, 0.15) is 4.90 Å². The van der Waals surface area contributed by atoms with Crippen LogP contribution in [0.25, 0.3) is 0 Å². The van der Waals surface area contributed by atoms with Crippen LogP contribution in [0.5, 0.6) is 0 Å². The van der Waals surface area contributed by atoms with Crippen LogP contribution in [-0.2, 0) is 10.0 Å². The molecule has 1 aliphatic heterocycles. The van der Waals surface area contributed by atoms with Crippen molar-refractivity contribution in [3.63, 3.8) is 0 Å². The summed E-state index contributed by atoms with van der Waals surface area (Å²) in [6.45, 7) is 0.829. The highest BCUT2D eigenvalue weighted by Crippen LogP contribution is 2.29. The normalized spacial score (nSPS) is 20.7. The molecule has 6 heteroatoms. The van der Waals surface area contributed by atoms with E-state index in [1.807, 2.05) is 17.0 Å². The molecule has 0 saturated carbocycles. The molecule has 112 valence electrons. The van der Waals surface area contributed by atoms with Crippen molar-refractivity contribution in [2.24, 2.45) is 0 Å². The number of aliphatic hydroxyl groups excluding tert-OH is 1. The van der Waals surface area contributed by atoms with Gasteiger partial charge in [-0.3, -0.25) is 0 Å². The predicted molar refractivity (Wildman–Crippen MR) is 79.4 cm³/mol. The molecule has 5 nitrogen and oxygen atoms in total. The Kier molecular flexibility index (Phi) is 5.01. The van der Waals surface area contributed by atoms with E-state index in [-0.39, 0.29) is 17.5 Å². The summed E-state index contributed by atoms with van der Waals surface area (Å²) in [7, 11) is -2.08. The Balaban J connectivity index is 2.45. The standard InChI is InChI=1S/C14H22N2O3S/c1-15-20(18,19)14-9-5-4-8-13(14)16-10-6-2-3-7-12(16)11-17/h4-5,8-9,12,15,17H,2-3,6-7,10-11H2,1H3. The Morgan fingerprint density at radius 2 is 2.05 bits per heavy atom. The van der Waals surface area contributed by atoms with E-state index < -0.39 is 10.0 Å². The summed E-state index contributed by atoms with van der Waals surface area (Å²) in [5.41, 5.74) is 0.683. The maximum atomic E-state index is 12.1. The number of nitrogens with one attached hydrogen (secondary N) is 1. The molecule has 0 aliphatic carbocycles. The van der Waals surface area contributed by atoms with E-state index in [9.17, 15) is 13.5 Å². The van der Waals surface area contributed by atoms with Crippen LogP contribution >= 0.6 is 0 Å². The van der Waals surface area contributed by atoms with Crippen LogP contribution in [0.4, 0.5) is 5.69 Å². The fraction of sp³-hybridized carbons (Fsp3) is 0.571. The SMILES string of the molecule is CNS(=O)(=O)c1ccccc1N1CCCCCC1CO. The smallest absolute Gasteiger partial charge is 0.242 e. The van der Waals surface area contributed by atoms with Gasteiger partial charge in [0.15, 0.2) is 0 Å². The highest BCUT2D eigenvalue weighted by Gasteiger charge is 2.26. The predicted octanol–water partition coefficient (Wildman–Crippen LogP) is 1.34. The van der Waals surface area contributed by atoms with Gasteiger partial charge in [-0.15, -0.1) is 0 Å². The fourth-order valence-electron chi connectivity index (χ4n) is 2.72. The van der Waals surface area contributed by atoms with Crippen molar-refractivity contribution in [3.8, 4) is 0 Å². The Morgan fingerprint density at radius 1 is 1.30 bits per heavy atom. The number of aliphatic hydroxyl groups is 1. The maximum Gasteiger partial charge on any atom is 0.242 e. The summed E-state index contributed by atoms with van der Waals surface area (Å²) in [5.74, 6) is 0. The van der Waals surface area contributed by atoms with Crippen molar-refractivity contribution in [2.45, 2.75) is 36.6 Å². The van der Waals surface area contributed by atoms with E-state index in [2.05, 4.69) is 4.72 Å². The van der Waals surface area contributed by atoms with Crippen molar-refractivity contribution < 1.29 is 13.5 Å². The Bertz CT molecular complexity index is 545. The van der Waals surface area contributed by atoms with Gasteiger partial charge in [-0.1, -0.05) is 25.0 Å². The summed E-state index contributed by atoms with van der Waals surface area (Å²) in [6.07, 6.45) is 4.10. The molecule has 0 radical (unpaired) electrons. The molecule has 2 N–H and O–H groups in total. The van der Waals surface area contributed by atoms with Crippen LogP contribution < -0.4 is 9.62 Å². The van der Waals surface area contributed by atoms with E-state index in [0.29, 0.717) is 5.69 Å². The Morgan fingerprint density at radius 3 is 2.75 bits per heavy atom. The van der Waals surface area contributed by atoms with Crippen molar-refractivity contribution >= 4 is 15.7 Å². The highest BCUT2D eigenvalue weighted by molar-refractivity contribution is 7.89. The second-order valence-electron chi connectivity index (χ2n) is 5.05. The fourth-order valence-corrected chi connectivity index (χ4v) is 3.65. The number of rotatable bonds is 4. The minimum Gasteiger partial charge on any atom is -0.394 e. The maximum absolute atomic E-state index is 12.1. The first-order valence-corrected chi connectivity index (χ1v) is 8.48. The number of sulfonamides is 1. The molecule has 0 bridgehead atoms. The summed E-state index contributed by atoms with van der Waals surface area (Å²) in [5, 5.41) is 9.59. The Hall–Kier alpha value is -1.11. The number of hydrogen-bond donors (Lipinski definition) is 2. The molecule has 1 heterocycles. The lowest BCUT2D eigenvalue weighted by Crippen LogP contribution is -2.38. The van der Waals surface area contributed by atoms with Crippen LogP contribution in [0.2, 0.25) is 0 Å². The van der Waals surface area contributed by atoms with Gasteiger partial charge in [0.25, 0.3) is 0 Å². The molecular weight excluding hydrogens is 276 g/mol. The highest BCUT2D eigenvalue weighted by atomic mass is 32.2. The quantitative estimate of drug-likeness (QED) is 0.880. The zero-order valence-corrected chi connectivity index (χ0v) is 12.6. The molecule has 20 heavy (non-hydrogen) atoms. The molecule has 1 aliphatic rings. The van der Waals surface area contributed by atoms with Gasteiger partial charge >= 0.3 is 0 Å². The molecule has 1 aromatic carbocycles. The number of benzene rings is 1. The Labute approximate surface area is 120 Å². The van der Waals surface area contributed by atoms with Crippen LogP contribution in [-0.4, -0.2) is 39.8 Å². The van der Waals surface area contributed by atoms with Gasteiger partial charge in [0.2, 0.25) is 10.0 Å². The monoisotopic (exact) mass is 298 g/mol. The van der Waals surface area contributed by atoms with Crippen molar-refractivity contribution in [1.82, 2.24) is 4.72 Å². The zero-order chi connectivity index (χ0) is 14.6. The van der Waals surface area contributed by atoms with Crippen molar-refractivity contribution in [2.75, 3.05) is 25.1 Å². The average molecular weight is 298 g/mol. The van der Waals surface area contributed by atoms with Crippen molar-refractivity contribution in [3.05, 3.63) is 24.3 Å². The lowest BCUT2D eigenvalue weighted by molar-refractivity contribution is 0.254. The molecule has 1 atom stereocenters. The van der Waals surface area contributed by atoms with E-state index >= 15 is 0 Å². The number of nitrogens with zero attached hydrogens (tertiary/aromatic N) is 1. The molecular formula is C14H22N2O3S. The van der Waals surface area contributed by atoms with Crippen LogP contribution in [0.1, 0.15) is 25.7 Å². The summed E-state index contributed by atoms with van der Waals surface area (Å²) >= 11 is 0. The molecule has 0 spiro atoms. The van der Waals surface area contributed by atoms with Gasteiger partial charge < -0.3 is 10.0 Å². The molecule has 2 rings (SSSR count). The van der Waals surface area contributed by atoms with E-state index in [1.54, 1.807) is 12.1 Å². The molecule has 1 unspecified atom stereocenters. The zero-order valence-electron chi connectivity index (χ0n) is 11.7. The molecule has 0 aromatic heterocycles. The van der Waals surface area contributed by atoms with Gasteiger partial charge in [0.05, 0.1) is 18.3 Å². The third-order valence-electron chi connectivity index (χ3n) is 3.82. The summed E-state index contributed by atoms with van der Waals surface area (Å²) < 4.78 is 26.7. The van der Waals surface area contributed by atoms with Crippen LogP contribution in [0.3, 0.4) is 0 Å². The largest absolute Gasteiger partial charge is 0.394 e. The summed E-state index contributed by atoms with van der Waals surface area (Å²) in [4.78, 5) is 2.32. The van der Waals surface area contributed by atoms with Gasteiger partial charge in [-0.2, -0.15) is 0 Å². The van der Waals surface area contributed by atoms with E-state index in [1.165, 1.54) is 7.05 Å². The molecule has 1 aromatic rings. The minimum absolute atomic E-state index is 0.00861. The molecule has 0 amide bonds. The third kappa shape index (κ3) is 3.13. The summed E-state index contributed by atoms with van der Waals surface area (Å²) in [6, 6.07) is 6.98. The van der Waals surface area contributed by atoms with Crippen LogP contribution in [0.15, 0.2) is 29.2 Å². The first-order chi connectivity index (χ1) is 9.60. The number of para-hydroxylation sites is 1.